The van der Waals surface area contributed by atoms with Gasteiger partial charge in [-0.1, -0.05) is 6.07 Å². The lowest BCUT2D eigenvalue weighted by Crippen LogP contribution is -2.48. The fourth-order valence-electron chi connectivity index (χ4n) is 3.22. The van der Waals surface area contributed by atoms with Gasteiger partial charge in [0, 0.05) is 26.1 Å². The summed E-state index contributed by atoms with van der Waals surface area (Å²) in [5.74, 6) is -1.68. The molecule has 2 unspecified atom stereocenters. The molecule has 10 nitrogen and oxygen atoms in total. The van der Waals surface area contributed by atoms with Crippen LogP contribution in [0.2, 0.25) is 0 Å². The van der Waals surface area contributed by atoms with E-state index in [1.165, 1.54) is 28.6 Å². The zero-order chi connectivity index (χ0) is 23.7. The second-order valence-corrected chi connectivity index (χ2v) is 9.38. The second kappa shape index (κ2) is 11.9. The molecular formula is C21H30N2O8S. The van der Waals surface area contributed by atoms with Crippen LogP contribution in [0.3, 0.4) is 0 Å². The van der Waals surface area contributed by atoms with E-state index in [1.807, 2.05) is 0 Å². The Morgan fingerprint density at radius 1 is 1.16 bits per heavy atom. The summed E-state index contributed by atoms with van der Waals surface area (Å²) in [5, 5.41) is 2.54. The van der Waals surface area contributed by atoms with E-state index in [0.717, 1.165) is 0 Å². The number of nitrogens with one attached hydrogen (secondary N) is 1. The van der Waals surface area contributed by atoms with Gasteiger partial charge < -0.3 is 19.5 Å². The van der Waals surface area contributed by atoms with Crippen molar-refractivity contribution in [2.45, 2.75) is 50.7 Å². The zero-order valence-corrected chi connectivity index (χ0v) is 19.4. The molecule has 2 atom stereocenters. The molecule has 178 valence electrons. The highest BCUT2D eigenvalue weighted by Gasteiger charge is 2.32. The number of carbonyl (C=O) groups is 3. The van der Waals surface area contributed by atoms with E-state index in [-0.39, 0.29) is 54.7 Å². The van der Waals surface area contributed by atoms with Crippen molar-refractivity contribution >= 4 is 27.9 Å². The van der Waals surface area contributed by atoms with Gasteiger partial charge >= 0.3 is 11.9 Å². The molecule has 1 aromatic carbocycles. The molecule has 32 heavy (non-hydrogen) atoms. The Balaban J connectivity index is 1.89. The van der Waals surface area contributed by atoms with Crippen molar-refractivity contribution in [3.63, 3.8) is 0 Å². The van der Waals surface area contributed by atoms with Crippen molar-refractivity contribution in [1.29, 1.82) is 0 Å². The third-order valence-corrected chi connectivity index (χ3v) is 6.44. The molecule has 1 amide bonds. The third-order valence-electron chi connectivity index (χ3n) is 4.61. The first kappa shape index (κ1) is 25.8. The molecule has 0 saturated carbocycles. The Morgan fingerprint density at radius 3 is 2.50 bits per heavy atom. The van der Waals surface area contributed by atoms with E-state index in [2.05, 4.69) is 5.32 Å². The summed E-state index contributed by atoms with van der Waals surface area (Å²) < 4.78 is 42.6. The highest BCUT2D eigenvalue weighted by atomic mass is 32.2. The largest absolute Gasteiger partial charge is 0.466 e. The minimum absolute atomic E-state index is 0.0237. The predicted molar refractivity (Wildman–Crippen MR) is 114 cm³/mol. The number of ether oxygens (including phenoxy) is 3. The number of rotatable bonds is 10. The van der Waals surface area contributed by atoms with Crippen molar-refractivity contribution in [3.8, 4) is 0 Å². The molecule has 11 heteroatoms. The van der Waals surface area contributed by atoms with E-state index in [0.29, 0.717) is 13.0 Å². The Morgan fingerprint density at radius 2 is 1.84 bits per heavy atom. The van der Waals surface area contributed by atoms with Gasteiger partial charge in [-0.25, -0.2) is 13.2 Å². The van der Waals surface area contributed by atoms with Crippen LogP contribution in [0.25, 0.3) is 0 Å². The lowest BCUT2D eigenvalue weighted by Gasteiger charge is -2.34. The molecule has 0 aromatic heterocycles. The Hall–Kier alpha value is -2.50. The first-order chi connectivity index (χ1) is 15.1. The minimum Gasteiger partial charge on any atom is -0.466 e. The maximum atomic E-state index is 13.0. The molecule has 0 aliphatic carbocycles. The van der Waals surface area contributed by atoms with E-state index in [4.69, 9.17) is 14.2 Å². The normalized spacial score (nSPS) is 19.2. The van der Waals surface area contributed by atoms with Gasteiger partial charge in [0.2, 0.25) is 10.0 Å². The summed E-state index contributed by atoms with van der Waals surface area (Å²) in [7, 11) is -3.81. The molecule has 1 N–H and O–H groups in total. The molecule has 0 spiro atoms. The summed E-state index contributed by atoms with van der Waals surface area (Å²) in [6.07, 6.45) is 0.0996. The van der Waals surface area contributed by atoms with Crippen LogP contribution in [-0.2, 0) is 33.8 Å². The Kier molecular flexibility index (Phi) is 9.60. The summed E-state index contributed by atoms with van der Waals surface area (Å²) in [4.78, 5) is 35.3. The number of amides is 1. The number of hydrogen-bond donors (Lipinski definition) is 1. The number of sulfonamides is 1. The maximum Gasteiger partial charge on any atom is 0.338 e. The molecule has 1 fully saturated rings. The van der Waals surface area contributed by atoms with Gasteiger partial charge in [0.05, 0.1) is 29.3 Å². The van der Waals surface area contributed by atoms with Crippen molar-refractivity contribution in [1.82, 2.24) is 9.62 Å². The molecule has 0 radical (unpaired) electrons. The van der Waals surface area contributed by atoms with E-state index >= 15 is 0 Å². The van der Waals surface area contributed by atoms with Crippen LogP contribution in [0.5, 0.6) is 0 Å². The smallest absolute Gasteiger partial charge is 0.338 e. The van der Waals surface area contributed by atoms with Gasteiger partial charge in [0.25, 0.3) is 5.91 Å². The number of nitrogens with zero attached hydrogens (tertiary/aromatic N) is 1. The molecule has 0 bridgehead atoms. The van der Waals surface area contributed by atoms with Gasteiger partial charge in [-0.15, -0.1) is 0 Å². The van der Waals surface area contributed by atoms with Crippen LogP contribution in [-0.4, -0.2) is 75.6 Å². The Labute approximate surface area is 188 Å². The van der Waals surface area contributed by atoms with Crippen molar-refractivity contribution in [3.05, 3.63) is 29.8 Å². The molecule has 1 aliphatic rings. The van der Waals surface area contributed by atoms with Crippen molar-refractivity contribution in [2.24, 2.45) is 0 Å². The van der Waals surface area contributed by atoms with Crippen LogP contribution in [0.15, 0.2) is 29.2 Å². The van der Waals surface area contributed by atoms with Gasteiger partial charge in [0.1, 0.15) is 0 Å². The van der Waals surface area contributed by atoms with Crippen molar-refractivity contribution in [2.75, 3.05) is 32.8 Å². The average Bonchev–Trinajstić information content (AvgIpc) is 2.74. The fourth-order valence-corrected chi connectivity index (χ4v) is 4.86. The van der Waals surface area contributed by atoms with E-state index < -0.39 is 28.5 Å². The van der Waals surface area contributed by atoms with Crippen LogP contribution < -0.4 is 5.32 Å². The van der Waals surface area contributed by atoms with Gasteiger partial charge in [-0.2, -0.15) is 4.31 Å². The SMILES string of the molecule is CCOC(=O)CCCNC(=O)COC(=O)c1cccc(S(=O)(=O)N2CC(C)OC(C)C2)c1. The van der Waals surface area contributed by atoms with E-state index in [9.17, 15) is 22.8 Å². The molecule has 1 saturated heterocycles. The third kappa shape index (κ3) is 7.57. The molecule has 1 aromatic rings. The summed E-state index contributed by atoms with van der Waals surface area (Å²) >= 11 is 0. The summed E-state index contributed by atoms with van der Waals surface area (Å²) in [5.41, 5.74) is 0.0237. The van der Waals surface area contributed by atoms with Crippen LogP contribution >= 0.6 is 0 Å². The molecule has 1 aliphatic heterocycles. The van der Waals surface area contributed by atoms with E-state index in [1.54, 1.807) is 20.8 Å². The highest BCUT2D eigenvalue weighted by molar-refractivity contribution is 7.89. The first-order valence-corrected chi connectivity index (χ1v) is 11.9. The van der Waals surface area contributed by atoms with Crippen LogP contribution in [0, 0.1) is 0 Å². The molecular weight excluding hydrogens is 440 g/mol. The highest BCUT2D eigenvalue weighted by Crippen LogP contribution is 2.22. The lowest BCUT2D eigenvalue weighted by molar-refractivity contribution is -0.143. The summed E-state index contributed by atoms with van der Waals surface area (Å²) in [6.45, 7) is 5.77. The quantitative estimate of drug-likeness (QED) is 0.398. The average molecular weight is 471 g/mol. The van der Waals surface area contributed by atoms with Gasteiger partial charge in [-0.05, 0) is 45.4 Å². The predicted octanol–water partition coefficient (Wildman–Crippen LogP) is 1.10. The maximum absolute atomic E-state index is 13.0. The number of hydrogen-bond acceptors (Lipinski definition) is 8. The second-order valence-electron chi connectivity index (χ2n) is 7.44. The van der Waals surface area contributed by atoms with Gasteiger partial charge in [0.15, 0.2) is 6.61 Å². The lowest BCUT2D eigenvalue weighted by atomic mass is 10.2. The van der Waals surface area contributed by atoms with Gasteiger partial charge in [-0.3, -0.25) is 9.59 Å². The standard InChI is InChI=1S/C21H30N2O8S/c1-4-29-20(25)9-6-10-22-19(24)14-30-21(26)17-7-5-8-18(11-17)32(27,28)23-12-15(2)31-16(3)13-23/h5,7-8,11,15-16H,4,6,9-10,12-14H2,1-3H3,(H,22,24). The monoisotopic (exact) mass is 470 g/mol. The number of carbonyl (C=O) groups excluding carboxylic acids is 3. The number of benzene rings is 1. The van der Waals surface area contributed by atoms with Crippen molar-refractivity contribution < 1.29 is 37.0 Å². The molecule has 2 rings (SSSR count). The van der Waals surface area contributed by atoms with Crippen LogP contribution in [0.1, 0.15) is 44.0 Å². The fraction of sp³-hybridized carbons (Fsp3) is 0.571. The Bertz CT molecular complexity index is 908. The zero-order valence-electron chi connectivity index (χ0n) is 18.5. The minimum atomic E-state index is -3.81. The number of esters is 2. The first-order valence-electron chi connectivity index (χ1n) is 10.5. The van der Waals surface area contributed by atoms with Crippen LogP contribution in [0.4, 0.5) is 0 Å². The topological polar surface area (TPSA) is 128 Å². The summed E-state index contributed by atoms with van der Waals surface area (Å²) in [6, 6.07) is 5.52. The molecule has 1 heterocycles. The number of morpholine rings is 1.